The van der Waals surface area contributed by atoms with Gasteiger partial charge in [0, 0.05) is 0 Å². The zero-order valence-electron chi connectivity index (χ0n) is 13.7. The molecule has 0 aliphatic heterocycles. The van der Waals surface area contributed by atoms with Crippen molar-refractivity contribution in [1.82, 2.24) is 0 Å². The van der Waals surface area contributed by atoms with Crippen molar-refractivity contribution in [3.63, 3.8) is 0 Å². The third kappa shape index (κ3) is 12.5. The van der Waals surface area contributed by atoms with E-state index in [4.69, 9.17) is 20.4 Å². The number of hydrogen-bond donors (Lipinski definition) is 6. The third-order valence-corrected chi connectivity index (χ3v) is 2.95. The maximum atomic E-state index is 11.4. The van der Waals surface area contributed by atoms with Gasteiger partial charge in [-0.3, -0.25) is 19.2 Å². The summed E-state index contributed by atoms with van der Waals surface area (Å²) in [5.74, 6) is -11.5. The number of aliphatic hydroxyl groups is 2. The van der Waals surface area contributed by atoms with E-state index < -0.39 is 78.9 Å². The van der Waals surface area contributed by atoms with Gasteiger partial charge in [-0.05, 0) is 0 Å². The molecule has 0 aliphatic rings. The first-order chi connectivity index (χ1) is 12.6. The molecule has 0 radical (unpaired) electrons. The van der Waals surface area contributed by atoms with Crippen LogP contribution in [0.2, 0.25) is 0 Å². The van der Waals surface area contributed by atoms with Crippen LogP contribution < -0.4 is 0 Å². The van der Waals surface area contributed by atoms with Crippen LogP contribution >= 0.6 is 0 Å². The van der Waals surface area contributed by atoms with Gasteiger partial charge in [-0.1, -0.05) is 0 Å². The van der Waals surface area contributed by atoms with Crippen molar-refractivity contribution in [1.29, 1.82) is 0 Å². The second-order valence-corrected chi connectivity index (χ2v) is 5.37. The average molecular weight is 490 g/mol. The zero-order valence-corrected chi connectivity index (χ0v) is 13.7. The van der Waals surface area contributed by atoms with Crippen molar-refractivity contribution >= 4 is 145 Å². The van der Waals surface area contributed by atoms with Crippen molar-refractivity contribution < 1.29 is 73.7 Å². The van der Waals surface area contributed by atoms with E-state index in [-0.39, 0.29) is 103 Å². The molecule has 0 spiro atoms. The molecule has 0 amide bonds. The van der Waals surface area contributed by atoms with E-state index in [1.54, 1.807) is 0 Å². The Morgan fingerprint density at radius 1 is 0.567 bits per heavy atom. The van der Waals surface area contributed by atoms with Crippen LogP contribution in [0, 0.1) is 0 Å². The zero-order chi connectivity index (χ0) is 22.3. The van der Waals surface area contributed by atoms with Gasteiger partial charge < -0.3 is 40.1 Å². The van der Waals surface area contributed by atoms with E-state index >= 15 is 0 Å². The summed E-state index contributed by atoms with van der Waals surface area (Å²) in [5, 5.41) is 53.6. The first-order valence-corrected chi connectivity index (χ1v) is 6.92. The molecule has 0 saturated heterocycles. The van der Waals surface area contributed by atoms with Crippen molar-refractivity contribution in [2.45, 2.75) is 36.9 Å². The molecule has 0 aliphatic carbocycles. The summed E-state index contributed by atoms with van der Waals surface area (Å²) in [4.78, 5) is 76.7. The van der Waals surface area contributed by atoms with E-state index in [2.05, 4.69) is 9.47 Å². The summed E-state index contributed by atoms with van der Waals surface area (Å²) in [6, 6.07) is 0. The Kier molecular flexibility index (Phi) is 16.8. The van der Waals surface area contributed by atoms with Crippen molar-refractivity contribution in [3.8, 4) is 0 Å². The van der Waals surface area contributed by atoms with E-state index in [0.717, 1.165) is 0 Å². The molecular weight excluding hydrogens is 474 g/mol. The molecule has 160 valence electrons. The molecule has 30 heavy (non-hydrogen) atoms. The van der Waals surface area contributed by atoms with E-state index in [0.29, 0.717) is 0 Å². The first-order valence-electron chi connectivity index (χ1n) is 6.92. The molecule has 6 N–H and O–H groups in total. The van der Waals surface area contributed by atoms with Gasteiger partial charge in [0.05, 0.1) is 25.7 Å². The summed E-state index contributed by atoms with van der Waals surface area (Å²) in [6.07, 6.45) is -8.06. The number of carboxylic acid groups (broad SMARTS) is 4. The monoisotopic (exact) mass is 490 g/mol. The summed E-state index contributed by atoms with van der Waals surface area (Å²) in [5.41, 5.74) is -6.28. The molecule has 15 nitrogen and oxygen atoms in total. The van der Waals surface area contributed by atoms with Crippen molar-refractivity contribution in [3.05, 3.63) is 0 Å². The van der Waals surface area contributed by atoms with Crippen LogP contribution in [0.15, 0.2) is 0 Å². The Balaban J connectivity index is -0.00000364. The van der Waals surface area contributed by atoms with E-state index in [9.17, 15) is 43.8 Å². The fraction of sp³-hybridized carbons (Fsp3) is 0.462. The van der Waals surface area contributed by atoms with Gasteiger partial charge in [-0.2, -0.15) is 0 Å². The predicted molar refractivity (Wildman–Crippen MR) is 90.8 cm³/mol. The molecule has 0 rings (SSSR count). The number of aliphatic carboxylic acids is 4. The molecular formula is C13H16K2O15. The molecule has 0 aromatic rings. The molecule has 2 unspecified atom stereocenters. The van der Waals surface area contributed by atoms with Crippen LogP contribution in [-0.2, 0) is 38.2 Å². The normalized spacial score (nSPS) is 13.7. The number of carbonyl (C=O) groups is 7. The van der Waals surface area contributed by atoms with Gasteiger partial charge in [-0.25, -0.2) is 14.4 Å². The number of carbonyl (C=O) groups excluding carboxylic acids is 3. The number of esters is 2. The molecule has 0 saturated carbocycles. The summed E-state index contributed by atoms with van der Waals surface area (Å²) < 4.78 is 7.64. The first kappa shape index (κ1) is 34.3. The second-order valence-electron chi connectivity index (χ2n) is 5.37. The van der Waals surface area contributed by atoms with Crippen LogP contribution in [0.1, 0.15) is 25.7 Å². The molecule has 2 atom stereocenters. The number of ether oxygens (including phenoxy) is 2. The predicted octanol–water partition coefficient (Wildman–Crippen LogP) is -3.74. The minimum atomic E-state index is -3.14. The number of hydrogen-bond acceptors (Lipinski definition) is 11. The Morgan fingerprint density at radius 3 is 1.03 bits per heavy atom. The molecule has 0 bridgehead atoms. The van der Waals surface area contributed by atoms with Crippen LogP contribution in [0.3, 0.4) is 0 Å². The second kappa shape index (κ2) is 14.7. The van der Waals surface area contributed by atoms with Crippen LogP contribution in [-0.4, -0.2) is 187 Å². The number of rotatable bonds is 10. The average Bonchev–Trinajstić information content (AvgIpc) is 2.43. The summed E-state index contributed by atoms with van der Waals surface area (Å²) in [7, 11) is 0. The van der Waals surface area contributed by atoms with Gasteiger partial charge in [0.1, 0.15) is 0 Å². The van der Waals surface area contributed by atoms with Gasteiger partial charge in [0.15, 0.2) is 11.2 Å². The fourth-order valence-corrected chi connectivity index (χ4v) is 1.68. The Labute approximate surface area is 251 Å². The van der Waals surface area contributed by atoms with Gasteiger partial charge in [0.25, 0.3) is 0 Å². The van der Waals surface area contributed by atoms with Gasteiger partial charge in [-0.15, -0.1) is 0 Å². The topological polar surface area (TPSA) is 259 Å². The van der Waals surface area contributed by atoms with Gasteiger partial charge >= 0.3 is 145 Å². The molecule has 0 heterocycles. The third-order valence-electron chi connectivity index (χ3n) is 2.95. The van der Waals surface area contributed by atoms with Gasteiger partial charge in [0.2, 0.25) is 0 Å². The Hall–Kier alpha value is -0.317. The fourth-order valence-electron chi connectivity index (χ4n) is 1.68. The number of carboxylic acids is 4. The Morgan fingerprint density at radius 2 is 0.833 bits per heavy atom. The van der Waals surface area contributed by atoms with E-state index in [1.807, 2.05) is 0 Å². The van der Waals surface area contributed by atoms with Crippen molar-refractivity contribution in [2.24, 2.45) is 0 Å². The minimum absolute atomic E-state index is 0. The summed E-state index contributed by atoms with van der Waals surface area (Å²) in [6.45, 7) is 0. The van der Waals surface area contributed by atoms with Crippen molar-refractivity contribution in [2.75, 3.05) is 0 Å². The standard InChI is InChI=1S/C13H14O15.2K.2H/c14-5(15)1-12(25,9(20)21)3-7(18)27-11(24)28-8(19)4-13(26,10(22)23)2-6(16)17;;;;/h25-26H,1-4H2,(H,14,15)(H,16,17)(H,20,21)(H,22,23);;;;. The van der Waals surface area contributed by atoms with Crippen LogP contribution in [0.5, 0.6) is 0 Å². The summed E-state index contributed by atoms with van der Waals surface area (Å²) >= 11 is 0. The molecule has 17 heteroatoms. The van der Waals surface area contributed by atoms with Crippen LogP contribution in [0.4, 0.5) is 4.79 Å². The molecule has 0 aromatic carbocycles. The van der Waals surface area contributed by atoms with E-state index in [1.165, 1.54) is 0 Å². The quantitative estimate of drug-likeness (QED) is 0.0976. The molecule has 0 aromatic heterocycles. The molecule has 0 fully saturated rings. The maximum absolute atomic E-state index is 11.4. The Bertz CT molecular complexity index is 661. The SMILES string of the molecule is O=C(O)CC(O)(CC(=O)OC(=O)OC(=O)CC(O)(CC(=O)O)C(=O)O)C(=O)O.[KH].[KH]. The van der Waals surface area contributed by atoms with Crippen LogP contribution in [0.25, 0.3) is 0 Å².